The first kappa shape index (κ1) is 14.5. The van der Waals surface area contributed by atoms with Gasteiger partial charge in [0.1, 0.15) is 5.75 Å². The second kappa shape index (κ2) is 7.03. The van der Waals surface area contributed by atoms with Gasteiger partial charge < -0.3 is 15.6 Å². The van der Waals surface area contributed by atoms with Gasteiger partial charge in [0, 0.05) is 24.4 Å². The molecule has 0 aliphatic rings. The normalized spacial score (nSPS) is 13.8. The molecule has 20 heavy (non-hydrogen) atoms. The summed E-state index contributed by atoms with van der Waals surface area (Å²) in [5.41, 5.74) is 7.41. The highest BCUT2D eigenvalue weighted by atomic mass is 16.5. The molecule has 2 atom stereocenters. The van der Waals surface area contributed by atoms with Gasteiger partial charge in [-0.2, -0.15) is 0 Å². The number of hydrogen-bond acceptors (Lipinski definition) is 4. The molecule has 2 unspecified atom stereocenters. The predicted octanol–water partition coefficient (Wildman–Crippen LogP) is 2.26. The smallest absolute Gasteiger partial charge is 0.119 e. The predicted molar refractivity (Wildman–Crippen MR) is 78.6 cm³/mol. The largest absolute Gasteiger partial charge is 0.494 e. The molecule has 1 heterocycles. The van der Waals surface area contributed by atoms with Gasteiger partial charge in [0.05, 0.1) is 12.7 Å². The van der Waals surface area contributed by atoms with Crippen LogP contribution in [-0.2, 0) is 0 Å². The van der Waals surface area contributed by atoms with Crippen LogP contribution in [0.1, 0.15) is 30.2 Å². The molecular formula is C16H20N2O2. The van der Waals surface area contributed by atoms with E-state index in [4.69, 9.17) is 10.5 Å². The minimum atomic E-state index is -0.675. The zero-order chi connectivity index (χ0) is 14.4. The lowest BCUT2D eigenvalue weighted by atomic mass is 9.92. The van der Waals surface area contributed by atoms with Crippen molar-refractivity contribution in [3.8, 4) is 5.75 Å². The highest BCUT2D eigenvalue weighted by molar-refractivity contribution is 5.30. The Labute approximate surface area is 119 Å². The summed E-state index contributed by atoms with van der Waals surface area (Å²) < 4.78 is 5.39. The average Bonchev–Trinajstić information content (AvgIpc) is 2.50. The molecule has 0 spiro atoms. The molecule has 1 aromatic heterocycles. The van der Waals surface area contributed by atoms with Gasteiger partial charge in [0.15, 0.2) is 0 Å². The van der Waals surface area contributed by atoms with E-state index < -0.39 is 6.10 Å². The Morgan fingerprint density at radius 1 is 1.20 bits per heavy atom. The Balaban J connectivity index is 2.18. The van der Waals surface area contributed by atoms with Crippen LogP contribution < -0.4 is 10.5 Å². The van der Waals surface area contributed by atoms with Crippen molar-refractivity contribution in [2.75, 3.05) is 13.2 Å². The number of ether oxygens (including phenoxy) is 1. The molecule has 0 saturated carbocycles. The zero-order valence-electron chi connectivity index (χ0n) is 11.6. The Hall–Kier alpha value is -1.91. The first-order chi connectivity index (χ1) is 9.76. The van der Waals surface area contributed by atoms with Crippen LogP contribution in [0.2, 0.25) is 0 Å². The number of pyridine rings is 1. The molecular weight excluding hydrogens is 252 g/mol. The number of aromatic nitrogens is 1. The molecule has 2 aromatic rings. The lowest BCUT2D eigenvalue weighted by Crippen LogP contribution is -2.21. The van der Waals surface area contributed by atoms with E-state index in [-0.39, 0.29) is 5.92 Å². The standard InChI is InChI=1S/C16H20N2O2/c1-2-20-13-8-6-12(7-9-13)16(19)14(11-17)15-5-3-4-10-18-15/h3-10,14,16,19H,2,11,17H2,1H3. The molecule has 3 N–H and O–H groups in total. The number of aliphatic hydroxyl groups excluding tert-OH is 1. The molecule has 4 nitrogen and oxygen atoms in total. The van der Waals surface area contributed by atoms with Crippen LogP contribution in [-0.4, -0.2) is 23.2 Å². The van der Waals surface area contributed by atoms with Gasteiger partial charge in [-0.25, -0.2) is 0 Å². The van der Waals surface area contributed by atoms with Crippen molar-refractivity contribution in [2.45, 2.75) is 18.9 Å². The van der Waals surface area contributed by atoms with E-state index in [1.165, 1.54) is 0 Å². The maximum Gasteiger partial charge on any atom is 0.119 e. The number of nitrogens with two attached hydrogens (primary N) is 1. The Bertz CT molecular complexity index is 514. The highest BCUT2D eigenvalue weighted by Crippen LogP contribution is 2.29. The molecule has 0 saturated heterocycles. The summed E-state index contributed by atoms with van der Waals surface area (Å²) in [6.45, 7) is 2.90. The van der Waals surface area contributed by atoms with Gasteiger partial charge in [-0.15, -0.1) is 0 Å². The van der Waals surface area contributed by atoms with Crippen LogP contribution >= 0.6 is 0 Å². The summed E-state index contributed by atoms with van der Waals surface area (Å²) in [5.74, 6) is 0.583. The van der Waals surface area contributed by atoms with Crippen LogP contribution in [0.15, 0.2) is 48.7 Å². The zero-order valence-corrected chi connectivity index (χ0v) is 11.6. The Morgan fingerprint density at radius 3 is 2.50 bits per heavy atom. The van der Waals surface area contributed by atoms with Crippen LogP contribution in [0.5, 0.6) is 5.75 Å². The fourth-order valence-corrected chi connectivity index (χ4v) is 2.17. The second-order valence-corrected chi connectivity index (χ2v) is 4.54. The van der Waals surface area contributed by atoms with E-state index >= 15 is 0 Å². The van der Waals surface area contributed by atoms with E-state index in [9.17, 15) is 5.11 Å². The fraction of sp³-hybridized carbons (Fsp3) is 0.312. The van der Waals surface area contributed by atoms with Gasteiger partial charge >= 0.3 is 0 Å². The van der Waals surface area contributed by atoms with Crippen LogP contribution in [0.4, 0.5) is 0 Å². The maximum atomic E-state index is 10.5. The molecule has 0 radical (unpaired) electrons. The minimum absolute atomic E-state index is 0.214. The molecule has 0 aliphatic heterocycles. The maximum absolute atomic E-state index is 10.5. The van der Waals surface area contributed by atoms with Crippen LogP contribution in [0.25, 0.3) is 0 Å². The molecule has 1 aromatic carbocycles. The van der Waals surface area contributed by atoms with E-state index in [1.807, 2.05) is 49.4 Å². The first-order valence-electron chi connectivity index (χ1n) is 6.78. The lowest BCUT2D eigenvalue weighted by molar-refractivity contribution is 0.145. The lowest BCUT2D eigenvalue weighted by Gasteiger charge is -2.21. The molecule has 0 fully saturated rings. The Morgan fingerprint density at radius 2 is 1.95 bits per heavy atom. The number of aliphatic hydroxyl groups is 1. The van der Waals surface area contributed by atoms with Crippen LogP contribution in [0, 0.1) is 0 Å². The third-order valence-corrected chi connectivity index (χ3v) is 3.24. The quantitative estimate of drug-likeness (QED) is 0.846. The number of rotatable bonds is 6. The molecule has 2 rings (SSSR count). The molecule has 0 amide bonds. The van der Waals surface area contributed by atoms with Gasteiger partial charge in [-0.3, -0.25) is 4.98 Å². The van der Waals surface area contributed by atoms with Crippen molar-refractivity contribution in [2.24, 2.45) is 5.73 Å². The third kappa shape index (κ3) is 3.35. The van der Waals surface area contributed by atoms with Gasteiger partial charge in [0.2, 0.25) is 0 Å². The van der Waals surface area contributed by atoms with E-state index in [0.29, 0.717) is 13.2 Å². The Kier molecular flexibility index (Phi) is 5.09. The van der Waals surface area contributed by atoms with Crippen molar-refractivity contribution in [3.05, 3.63) is 59.9 Å². The van der Waals surface area contributed by atoms with E-state index in [2.05, 4.69) is 4.98 Å². The summed E-state index contributed by atoms with van der Waals surface area (Å²) in [6.07, 6.45) is 1.04. The van der Waals surface area contributed by atoms with Crippen molar-refractivity contribution >= 4 is 0 Å². The summed E-state index contributed by atoms with van der Waals surface area (Å²) in [7, 11) is 0. The molecule has 0 bridgehead atoms. The van der Waals surface area contributed by atoms with Crippen molar-refractivity contribution in [3.63, 3.8) is 0 Å². The van der Waals surface area contributed by atoms with E-state index in [0.717, 1.165) is 17.0 Å². The third-order valence-electron chi connectivity index (χ3n) is 3.24. The fourth-order valence-electron chi connectivity index (χ4n) is 2.17. The highest BCUT2D eigenvalue weighted by Gasteiger charge is 2.22. The van der Waals surface area contributed by atoms with Gasteiger partial charge in [-0.1, -0.05) is 18.2 Å². The summed E-state index contributed by atoms with van der Waals surface area (Å²) in [5, 5.41) is 10.5. The molecule has 4 heteroatoms. The average molecular weight is 272 g/mol. The monoisotopic (exact) mass is 272 g/mol. The first-order valence-corrected chi connectivity index (χ1v) is 6.78. The number of hydrogen-bond donors (Lipinski definition) is 2. The van der Waals surface area contributed by atoms with Crippen molar-refractivity contribution in [1.82, 2.24) is 4.98 Å². The van der Waals surface area contributed by atoms with E-state index in [1.54, 1.807) is 6.20 Å². The molecule has 0 aliphatic carbocycles. The number of benzene rings is 1. The molecule has 106 valence electrons. The van der Waals surface area contributed by atoms with Crippen molar-refractivity contribution in [1.29, 1.82) is 0 Å². The summed E-state index contributed by atoms with van der Waals surface area (Å²) in [4.78, 5) is 4.28. The topological polar surface area (TPSA) is 68.4 Å². The van der Waals surface area contributed by atoms with Crippen molar-refractivity contribution < 1.29 is 9.84 Å². The minimum Gasteiger partial charge on any atom is -0.494 e. The second-order valence-electron chi connectivity index (χ2n) is 4.54. The van der Waals surface area contributed by atoms with Gasteiger partial charge in [-0.05, 0) is 36.8 Å². The number of nitrogens with zero attached hydrogens (tertiary/aromatic N) is 1. The van der Waals surface area contributed by atoms with Gasteiger partial charge in [0.25, 0.3) is 0 Å². The SMILES string of the molecule is CCOc1ccc(C(O)C(CN)c2ccccn2)cc1. The van der Waals surface area contributed by atoms with Crippen LogP contribution in [0.3, 0.4) is 0 Å². The summed E-state index contributed by atoms with van der Waals surface area (Å²) >= 11 is 0. The summed E-state index contributed by atoms with van der Waals surface area (Å²) in [6, 6.07) is 13.1.